The normalized spacial score (nSPS) is 10.9. The van der Waals surface area contributed by atoms with Gasteiger partial charge in [-0.25, -0.2) is 4.98 Å². The van der Waals surface area contributed by atoms with Gasteiger partial charge in [-0.05, 0) is 46.8 Å². The lowest BCUT2D eigenvalue weighted by molar-refractivity contribution is 0.0950. The summed E-state index contributed by atoms with van der Waals surface area (Å²) in [5.74, 6) is -0.0666. The van der Waals surface area contributed by atoms with Crippen LogP contribution in [0.4, 0.5) is 5.69 Å². The van der Waals surface area contributed by atoms with Gasteiger partial charge in [-0.2, -0.15) is 0 Å². The standard InChI is InChI=1S/C20H18N4OS/c21-15-3-1-2-13(10-15)12-24-20(25)17-6-9-26-18(17)11-14-4-7-22-19-16(14)5-8-23-19/h1-10H,11-12,21H2,(H,22,23)(H,24,25). The predicted molar refractivity (Wildman–Crippen MR) is 105 cm³/mol. The first-order valence-corrected chi connectivity index (χ1v) is 9.18. The van der Waals surface area contributed by atoms with Crippen molar-refractivity contribution in [1.82, 2.24) is 15.3 Å². The van der Waals surface area contributed by atoms with E-state index in [4.69, 9.17) is 5.73 Å². The Morgan fingerprint density at radius 1 is 1.23 bits per heavy atom. The molecule has 5 nitrogen and oxygen atoms in total. The van der Waals surface area contributed by atoms with Crippen LogP contribution >= 0.6 is 11.3 Å². The van der Waals surface area contributed by atoms with Crippen LogP contribution in [0.2, 0.25) is 0 Å². The fourth-order valence-corrected chi connectivity index (χ4v) is 3.90. The monoisotopic (exact) mass is 362 g/mol. The number of nitrogens with zero attached hydrogens (tertiary/aromatic N) is 1. The van der Waals surface area contributed by atoms with Crippen LogP contribution in [0.5, 0.6) is 0 Å². The molecule has 0 bridgehead atoms. The molecule has 0 saturated carbocycles. The van der Waals surface area contributed by atoms with Crippen molar-refractivity contribution >= 4 is 34.0 Å². The van der Waals surface area contributed by atoms with E-state index >= 15 is 0 Å². The second-order valence-corrected chi connectivity index (χ2v) is 7.07. The molecule has 130 valence electrons. The summed E-state index contributed by atoms with van der Waals surface area (Å²) in [4.78, 5) is 21.1. The van der Waals surface area contributed by atoms with Crippen molar-refractivity contribution in [3.05, 3.63) is 81.8 Å². The van der Waals surface area contributed by atoms with Crippen molar-refractivity contribution in [2.75, 3.05) is 5.73 Å². The number of hydrogen-bond donors (Lipinski definition) is 3. The Morgan fingerprint density at radius 3 is 3.04 bits per heavy atom. The van der Waals surface area contributed by atoms with Crippen molar-refractivity contribution in [3.63, 3.8) is 0 Å². The number of aromatic amines is 1. The first-order valence-electron chi connectivity index (χ1n) is 8.30. The average molecular weight is 362 g/mol. The molecule has 1 amide bonds. The number of aromatic nitrogens is 2. The Balaban J connectivity index is 1.51. The van der Waals surface area contributed by atoms with Crippen LogP contribution in [-0.2, 0) is 13.0 Å². The van der Waals surface area contributed by atoms with E-state index in [-0.39, 0.29) is 5.91 Å². The van der Waals surface area contributed by atoms with Crippen molar-refractivity contribution in [2.24, 2.45) is 0 Å². The van der Waals surface area contributed by atoms with E-state index in [1.54, 1.807) is 17.5 Å². The van der Waals surface area contributed by atoms with Crippen LogP contribution in [0.15, 0.2) is 60.2 Å². The van der Waals surface area contributed by atoms with Gasteiger partial charge >= 0.3 is 0 Å². The minimum Gasteiger partial charge on any atom is -0.399 e. The molecule has 3 aromatic heterocycles. The maximum atomic E-state index is 12.6. The molecule has 1 aromatic carbocycles. The molecule has 4 rings (SSSR count). The number of hydrogen-bond acceptors (Lipinski definition) is 4. The van der Waals surface area contributed by atoms with E-state index in [1.165, 1.54) is 0 Å². The molecule has 0 aliphatic heterocycles. The molecule has 0 saturated heterocycles. The summed E-state index contributed by atoms with van der Waals surface area (Å²) in [6.07, 6.45) is 4.38. The lowest BCUT2D eigenvalue weighted by atomic mass is 10.1. The van der Waals surface area contributed by atoms with Gasteiger partial charge in [0.25, 0.3) is 5.91 Å². The summed E-state index contributed by atoms with van der Waals surface area (Å²) in [7, 11) is 0. The van der Waals surface area contributed by atoms with Crippen molar-refractivity contribution in [1.29, 1.82) is 0 Å². The van der Waals surface area contributed by atoms with Gasteiger partial charge in [-0.3, -0.25) is 4.79 Å². The molecule has 3 heterocycles. The van der Waals surface area contributed by atoms with Crippen molar-refractivity contribution in [3.8, 4) is 0 Å². The molecule has 0 fully saturated rings. The maximum absolute atomic E-state index is 12.6. The van der Waals surface area contributed by atoms with E-state index in [0.29, 0.717) is 18.7 Å². The fraction of sp³-hybridized carbons (Fsp3) is 0.100. The lowest BCUT2D eigenvalue weighted by Gasteiger charge is -2.08. The van der Waals surface area contributed by atoms with Gasteiger partial charge in [0, 0.05) is 41.3 Å². The summed E-state index contributed by atoms with van der Waals surface area (Å²) >= 11 is 1.60. The van der Waals surface area contributed by atoms with Gasteiger partial charge in [0.1, 0.15) is 5.65 Å². The third kappa shape index (κ3) is 3.32. The van der Waals surface area contributed by atoms with E-state index < -0.39 is 0 Å². The van der Waals surface area contributed by atoms with Crippen LogP contribution in [0, 0.1) is 0 Å². The SMILES string of the molecule is Nc1cccc(CNC(=O)c2ccsc2Cc2ccnc3[nH]ccc23)c1. The highest BCUT2D eigenvalue weighted by atomic mass is 32.1. The van der Waals surface area contributed by atoms with E-state index in [2.05, 4.69) is 15.3 Å². The zero-order valence-corrected chi connectivity index (χ0v) is 14.8. The highest BCUT2D eigenvalue weighted by Crippen LogP contribution is 2.24. The number of H-pyrrole nitrogens is 1. The lowest BCUT2D eigenvalue weighted by Crippen LogP contribution is -2.23. The van der Waals surface area contributed by atoms with Gasteiger partial charge < -0.3 is 16.0 Å². The molecule has 4 aromatic rings. The van der Waals surface area contributed by atoms with Gasteiger partial charge in [0.05, 0.1) is 5.56 Å². The number of anilines is 1. The number of carbonyl (C=O) groups excluding carboxylic acids is 1. The molecule has 0 aliphatic carbocycles. The van der Waals surface area contributed by atoms with E-state index in [1.807, 2.05) is 54.0 Å². The molecule has 0 spiro atoms. The third-order valence-corrected chi connectivity index (χ3v) is 5.22. The van der Waals surface area contributed by atoms with Gasteiger partial charge in [-0.1, -0.05) is 12.1 Å². The number of nitrogen functional groups attached to an aromatic ring is 1. The fourth-order valence-electron chi connectivity index (χ4n) is 3.01. The zero-order valence-electron chi connectivity index (χ0n) is 14.0. The number of fused-ring (bicyclic) bond motifs is 1. The molecule has 0 atom stereocenters. The topological polar surface area (TPSA) is 83.8 Å². The van der Waals surface area contributed by atoms with Crippen molar-refractivity contribution < 1.29 is 4.79 Å². The van der Waals surface area contributed by atoms with Crippen LogP contribution in [0.3, 0.4) is 0 Å². The molecule has 0 unspecified atom stereocenters. The Bertz CT molecular complexity index is 1070. The number of amides is 1. The molecule has 0 radical (unpaired) electrons. The molecule has 26 heavy (non-hydrogen) atoms. The Hall–Kier alpha value is -3.12. The van der Waals surface area contributed by atoms with Crippen LogP contribution in [0.25, 0.3) is 11.0 Å². The maximum Gasteiger partial charge on any atom is 0.252 e. The minimum absolute atomic E-state index is 0.0666. The molecule has 6 heteroatoms. The number of benzene rings is 1. The van der Waals surface area contributed by atoms with Gasteiger partial charge in [0.15, 0.2) is 0 Å². The summed E-state index contributed by atoms with van der Waals surface area (Å²) in [6, 6.07) is 13.4. The van der Waals surface area contributed by atoms with E-state index in [9.17, 15) is 4.79 Å². The van der Waals surface area contributed by atoms with Crippen LogP contribution in [0.1, 0.15) is 26.4 Å². The van der Waals surface area contributed by atoms with Crippen molar-refractivity contribution in [2.45, 2.75) is 13.0 Å². The number of thiophene rings is 1. The van der Waals surface area contributed by atoms with Gasteiger partial charge in [0.2, 0.25) is 0 Å². The highest BCUT2D eigenvalue weighted by molar-refractivity contribution is 7.10. The summed E-state index contributed by atoms with van der Waals surface area (Å²) in [6.45, 7) is 0.455. The Labute approximate surface area is 154 Å². The number of pyridine rings is 1. The zero-order chi connectivity index (χ0) is 17.9. The predicted octanol–water partition coefficient (Wildman–Crippen LogP) is 3.73. The molecular formula is C20H18N4OS. The Kier molecular flexibility index (Phi) is 4.41. The number of rotatable bonds is 5. The number of nitrogens with two attached hydrogens (primary N) is 1. The van der Waals surface area contributed by atoms with Gasteiger partial charge in [-0.15, -0.1) is 11.3 Å². The highest BCUT2D eigenvalue weighted by Gasteiger charge is 2.14. The summed E-state index contributed by atoms with van der Waals surface area (Å²) in [5, 5.41) is 6.03. The van der Waals surface area contributed by atoms with Crippen LogP contribution < -0.4 is 11.1 Å². The number of carbonyl (C=O) groups is 1. The largest absolute Gasteiger partial charge is 0.399 e. The third-order valence-electron chi connectivity index (χ3n) is 4.30. The average Bonchev–Trinajstić information content (AvgIpc) is 3.29. The minimum atomic E-state index is -0.0666. The number of nitrogens with one attached hydrogen (secondary N) is 2. The second-order valence-electron chi connectivity index (χ2n) is 6.07. The first kappa shape index (κ1) is 16.4. The summed E-state index contributed by atoms with van der Waals surface area (Å²) < 4.78 is 0. The second kappa shape index (κ2) is 7.01. The first-order chi connectivity index (χ1) is 12.7. The van der Waals surface area contributed by atoms with E-state index in [0.717, 1.165) is 32.6 Å². The van der Waals surface area contributed by atoms with Crippen LogP contribution in [-0.4, -0.2) is 15.9 Å². The Morgan fingerprint density at radius 2 is 2.15 bits per heavy atom. The summed E-state index contributed by atoms with van der Waals surface area (Å²) in [5.41, 5.74) is 10.2. The molecular weight excluding hydrogens is 344 g/mol. The quantitative estimate of drug-likeness (QED) is 0.473. The smallest absolute Gasteiger partial charge is 0.252 e. The molecule has 0 aliphatic rings. The molecule has 4 N–H and O–H groups in total.